The fraction of sp³-hybridized carbons (Fsp3) is 0.455. The van der Waals surface area contributed by atoms with Gasteiger partial charge in [0.15, 0.2) is 0 Å². The van der Waals surface area contributed by atoms with Crippen LogP contribution in [-0.4, -0.2) is 17.3 Å². The molecule has 0 spiro atoms. The zero-order chi connectivity index (χ0) is 10.2. The van der Waals surface area contributed by atoms with Gasteiger partial charge in [0.2, 0.25) is 0 Å². The van der Waals surface area contributed by atoms with Crippen LogP contribution in [0.3, 0.4) is 0 Å². The smallest absolute Gasteiger partial charge is 0.136 e. The van der Waals surface area contributed by atoms with Gasteiger partial charge in [-0.1, -0.05) is 12.1 Å². The van der Waals surface area contributed by atoms with E-state index in [1.54, 1.807) is 0 Å². The number of hydrogen-bond donors (Lipinski definition) is 1. The molecule has 1 N–H and O–H groups in total. The van der Waals surface area contributed by atoms with Gasteiger partial charge in [-0.15, -0.1) is 0 Å². The van der Waals surface area contributed by atoms with E-state index in [0.717, 1.165) is 22.2 Å². The van der Waals surface area contributed by atoms with Gasteiger partial charge in [-0.3, -0.25) is 0 Å². The lowest BCUT2D eigenvalue weighted by atomic mass is 9.93. The predicted octanol–water partition coefficient (Wildman–Crippen LogP) is 2.37. The summed E-state index contributed by atoms with van der Waals surface area (Å²) in [5.74, 6) is 0.955. The first-order valence-electron chi connectivity index (χ1n) is 4.72. The fourth-order valence-corrected chi connectivity index (χ4v) is 2.34. The Labute approximate surface area is 97.4 Å². The molecule has 0 aliphatic carbocycles. The molecule has 0 bridgehead atoms. The molecule has 1 aliphatic rings. The lowest BCUT2D eigenvalue weighted by molar-refractivity contribution is 0.00733. The van der Waals surface area contributed by atoms with Crippen LogP contribution in [0.25, 0.3) is 0 Å². The number of aryl methyl sites for hydroxylation is 1. The minimum atomic E-state index is -0.395. The highest BCUT2D eigenvalue weighted by atomic mass is 127. The number of benzene rings is 1. The van der Waals surface area contributed by atoms with Crippen LogP contribution >= 0.6 is 22.6 Å². The third-order valence-corrected chi connectivity index (χ3v) is 3.50. The lowest BCUT2D eigenvalue weighted by Crippen LogP contribution is -2.40. The molecule has 1 aliphatic heterocycles. The third-order valence-electron chi connectivity index (χ3n) is 2.65. The summed E-state index contributed by atoms with van der Waals surface area (Å²) in [5.41, 5.74) is 0.858. The number of halogens is 1. The summed E-state index contributed by atoms with van der Waals surface area (Å²) in [6.07, 6.45) is 1.87. The number of rotatable bonds is 1. The van der Waals surface area contributed by atoms with Crippen molar-refractivity contribution in [3.63, 3.8) is 0 Å². The van der Waals surface area contributed by atoms with E-state index >= 15 is 0 Å². The van der Waals surface area contributed by atoms with Gasteiger partial charge >= 0.3 is 0 Å². The van der Waals surface area contributed by atoms with Crippen molar-refractivity contribution in [2.75, 3.05) is 6.61 Å². The Morgan fingerprint density at radius 2 is 2.36 bits per heavy atom. The van der Waals surface area contributed by atoms with Crippen molar-refractivity contribution in [1.29, 1.82) is 0 Å². The zero-order valence-electron chi connectivity index (χ0n) is 8.09. The Morgan fingerprint density at radius 3 is 3.07 bits per heavy atom. The van der Waals surface area contributed by atoms with E-state index in [1.165, 1.54) is 5.56 Å². The van der Waals surface area contributed by atoms with Crippen LogP contribution in [0.2, 0.25) is 0 Å². The van der Waals surface area contributed by atoms with Gasteiger partial charge in [-0.25, -0.2) is 0 Å². The van der Waals surface area contributed by atoms with Crippen LogP contribution in [-0.2, 0) is 6.42 Å². The molecule has 1 heterocycles. The molecule has 1 aromatic rings. The molecule has 3 heteroatoms. The Kier molecular flexibility index (Phi) is 2.70. The minimum Gasteiger partial charge on any atom is -0.484 e. The van der Waals surface area contributed by atoms with Crippen molar-refractivity contribution >= 4 is 22.6 Å². The number of hydrogen-bond acceptors (Lipinski definition) is 2. The van der Waals surface area contributed by atoms with Crippen molar-refractivity contribution in [2.24, 2.45) is 0 Å². The molecule has 0 saturated heterocycles. The number of para-hydroxylation sites is 1. The average molecular weight is 304 g/mol. The summed E-state index contributed by atoms with van der Waals surface area (Å²) >= 11 is 2.27. The first kappa shape index (κ1) is 10.2. The van der Waals surface area contributed by atoms with Crippen molar-refractivity contribution in [3.05, 3.63) is 27.3 Å². The van der Waals surface area contributed by atoms with E-state index in [9.17, 15) is 5.11 Å². The van der Waals surface area contributed by atoms with Gasteiger partial charge in [0.25, 0.3) is 0 Å². The SMILES string of the molecule is CC1(CO)CCc2cccc(I)c2O1. The first-order chi connectivity index (χ1) is 6.64. The van der Waals surface area contributed by atoms with Gasteiger partial charge < -0.3 is 9.84 Å². The van der Waals surface area contributed by atoms with Crippen LogP contribution in [0, 0.1) is 3.57 Å². The molecule has 0 aromatic heterocycles. The maximum atomic E-state index is 9.24. The molecule has 0 saturated carbocycles. The molecule has 1 aromatic carbocycles. The van der Waals surface area contributed by atoms with E-state index < -0.39 is 5.60 Å². The number of aliphatic hydroxyl groups is 1. The predicted molar refractivity (Wildman–Crippen MR) is 63.6 cm³/mol. The number of fused-ring (bicyclic) bond motifs is 1. The standard InChI is InChI=1S/C11H13IO2/c1-11(7-13)6-5-8-3-2-4-9(12)10(8)14-11/h2-4,13H,5-7H2,1H3. The van der Waals surface area contributed by atoms with Crippen molar-refractivity contribution in [3.8, 4) is 5.75 Å². The normalized spacial score (nSPS) is 25.4. The molecule has 1 unspecified atom stereocenters. The number of ether oxygens (including phenoxy) is 1. The van der Waals surface area contributed by atoms with Crippen molar-refractivity contribution in [1.82, 2.24) is 0 Å². The molecule has 0 fully saturated rings. The Morgan fingerprint density at radius 1 is 1.57 bits per heavy atom. The van der Waals surface area contributed by atoms with Gasteiger partial charge in [-0.05, 0) is 54.0 Å². The van der Waals surface area contributed by atoms with Crippen LogP contribution in [0.1, 0.15) is 18.9 Å². The molecular weight excluding hydrogens is 291 g/mol. The second-order valence-corrected chi connectivity index (χ2v) is 5.10. The molecular formula is C11H13IO2. The summed E-state index contributed by atoms with van der Waals surface area (Å²) in [4.78, 5) is 0. The molecule has 2 nitrogen and oxygen atoms in total. The van der Waals surface area contributed by atoms with E-state index in [-0.39, 0.29) is 6.61 Å². The number of aliphatic hydroxyl groups excluding tert-OH is 1. The monoisotopic (exact) mass is 304 g/mol. The topological polar surface area (TPSA) is 29.5 Å². The van der Waals surface area contributed by atoms with Gasteiger partial charge in [0.1, 0.15) is 11.4 Å². The first-order valence-corrected chi connectivity index (χ1v) is 5.80. The second kappa shape index (κ2) is 3.70. The van der Waals surface area contributed by atoms with E-state index in [2.05, 4.69) is 28.7 Å². The highest BCUT2D eigenvalue weighted by Crippen LogP contribution is 2.36. The van der Waals surface area contributed by atoms with Gasteiger partial charge in [0.05, 0.1) is 10.2 Å². The van der Waals surface area contributed by atoms with Crippen LogP contribution < -0.4 is 4.74 Å². The maximum Gasteiger partial charge on any atom is 0.136 e. The highest BCUT2D eigenvalue weighted by molar-refractivity contribution is 14.1. The Hall–Kier alpha value is -0.290. The zero-order valence-corrected chi connectivity index (χ0v) is 10.2. The van der Waals surface area contributed by atoms with Gasteiger partial charge in [-0.2, -0.15) is 0 Å². The van der Waals surface area contributed by atoms with E-state index in [1.807, 2.05) is 19.1 Å². The summed E-state index contributed by atoms with van der Waals surface area (Å²) in [7, 11) is 0. The fourth-order valence-electron chi connectivity index (χ4n) is 1.67. The quantitative estimate of drug-likeness (QED) is 0.807. The second-order valence-electron chi connectivity index (χ2n) is 3.94. The largest absolute Gasteiger partial charge is 0.484 e. The van der Waals surface area contributed by atoms with E-state index in [0.29, 0.717) is 0 Å². The average Bonchev–Trinajstić information content (AvgIpc) is 2.20. The summed E-state index contributed by atoms with van der Waals surface area (Å²) in [6.45, 7) is 2.04. The third kappa shape index (κ3) is 1.75. The molecule has 76 valence electrons. The minimum absolute atomic E-state index is 0.0808. The summed E-state index contributed by atoms with van der Waals surface area (Å²) in [6, 6.07) is 6.17. The Balaban J connectivity index is 2.38. The molecule has 1 atom stereocenters. The Bertz CT molecular complexity index is 351. The van der Waals surface area contributed by atoms with Crippen LogP contribution in [0.15, 0.2) is 18.2 Å². The molecule has 0 amide bonds. The summed E-state index contributed by atoms with van der Waals surface area (Å²) in [5, 5.41) is 9.24. The van der Waals surface area contributed by atoms with Crippen LogP contribution in [0.4, 0.5) is 0 Å². The summed E-state index contributed by atoms with van der Waals surface area (Å²) < 4.78 is 6.97. The van der Waals surface area contributed by atoms with Crippen molar-refractivity contribution < 1.29 is 9.84 Å². The maximum absolute atomic E-state index is 9.24. The molecule has 2 rings (SSSR count). The van der Waals surface area contributed by atoms with E-state index in [4.69, 9.17) is 4.74 Å². The lowest BCUT2D eigenvalue weighted by Gasteiger charge is -2.34. The molecule has 0 radical (unpaired) electrons. The molecule has 14 heavy (non-hydrogen) atoms. The highest BCUT2D eigenvalue weighted by Gasteiger charge is 2.31. The van der Waals surface area contributed by atoms with Crippen molar-refractivity contribution in [2.45, 2.75) is 25.4 Å². The van der Waals surface area contributed by atoms with Gasteiger partial charge in [0, 0.05) is 0 Å². The van der Waals surface area contributed by atoms with Crippen LogP contribution in [0.5, 0.6) is 5.75 Å².